The maximum absolute atomic E-state index is 12.3. The molecule has 0 aliphatic rings. The molecule has 0 aliphatic carbocycles. The zero-order chi connectivity index (χ0) is 16.2. The van der Waals surface area contributed by atoms with E-state index in [4.69, 9.17) is 4.74 Å². The minimum atomic E-state index is 0.107. The number of benzene rings is 1. The van der Waals surface area contributed by atoms with Crippen molar-refractivity contribution in [2.45, 2.75) is 46.5 Å². The van der Waals surface area contributed by atoms with Crippen molar-refractivity contribution in [3.05, 3.63) is 35.9 Å². The Balaban J connectivity index is 2.61. The predicted octanol–water partition coefficient (Wildman–Crippen LogP) is 4.53. The van der Waals surface area contributed by atoms with Crippen molar-refractivity contribution < 1.29 is 9.53 Å². The summed E-state index contributed by atoms with van der Waals surface area (Å²) in [5, 5.41) is 0. The monoisotopic (exact) mass is 303 g/mol. The quantitative estimate of drug-likeness (QED) is 0.594. The van der Waals surface area contributed by atoms with Crippen LogP contribution in [0.5, 0.6) is 5.75 Å². The number of rotatable bonds is 10. The molecule has 0 fully saturated rings. The molecule has 1 aromatic carbocycles. The van der Waals surface area contributed by atoms with Crippen LogP contribution < -0.4 is 4.74 Å². The SMILES string of the molecule is CCCCN(CCCC)C(=O)/C=C/c1ccc(OCC)cc1. The first-order valence-corrected chi connectivity index (χ1v) is 8.41. The van der Waals surface area contributed by atoms with Gasteiger partial charge in [0.15, 0.2) is 0 Å². The minimum absolute atomic E-state index is 0.107. The second-order valence-electron chi connectivity index (χ2n) is 5.37. The number of hydrogen-bond acceptors (Lipinski definition) is 2. The Morgan fingerprint density at radius 2 is 1.64 bits per heavy atom. The lowest BCUT2D eigenvalue weighted by atomic mass is 10.2. The van der Waals surface area contributed by atoms with Gasteiger partial charge in [-0.2, -0.15) is 0 Å². The van der Waals surface area contributed by atoms with Crippen molar-refractivity contribution in [1.29, 1.82) is 0 Å². The van der Waals surface area contributed by atoms with Gasteiger partial charge in [0.2, 0.25) is 5.91 Å². The van der Waals surface area contributed by atoms with Gasteiger partial charge < -0.3 is 9.64 Å². The van der Waals surface area contributed by atoms with Crippen LogP contribution >= 0.6 is 0 Å². The highest BCUT2D eigenvalue weighted by Gasteiger charge is 2.08. The number of nitrogens with zero attached hydrogens (tertiary/aromatic N) is 1. The van der Waals surface area contributed by atoms with Crippen LogP contribution in [0.1, 0.15) is 52.0 Å². The third kappa shape index (κ3) is 6.79. The predicted molar refractivity (Wildman–Crippen MR) is 93.0 cm³/mol. The smallest absolute Gasteiger partial charge is 0.246 e. The number of ether oxygens (including phenoxy) is 1. The molecule has 22 heavy (non-hydrogen) atoms. The topological polar surface area (TPSA) is 29.5 Å². The van der Waals surface area contributed by atoms with Gasteiger partial charge in [-0.05, 0) is 43.5 Å². The Hall–Kier alpha value is -1.77. The average molecular weight is 303 g/mol. The molecule has 0 saturated heterocycles. The number of amides is 1. The van der Waals surface area contributed by atoms with Crippen molar-refractivity contribution >= 4 is 12.0 Å². The number of hydrogen-bond donors (Lipinski definition) is 0. The van der Waals surface area contributed by atoms with Crippen LogP contribution in [0.3, 0.4) is 0 Å². The first-order chi connectivity index (χ1) is 10.7. The van der Waals surface area contributed by atoms with Gasteiger partial charge in [0.1, 0.15) is 5.75 Å². The first kappa shape index (κ1) is 18.3. The molecule has 0 heterocycles. The summed E-state index contributed by atoms with van der Waals surface area (Å²) in [6.07, 6.45) is 7.90. The van der Waals surface area contributed by atoms with Gasteiger partial charge in [0.25, 0.3) is 0 Å². The molecule has 0 aromatic heterocycles. The van der Waals surface area contributed by atoms with E-state index in [-0.39, 0.29) is 5.91 Å². The standard InChI is InChI=1S/C19H29NO2/c1-4-7-15-20(16-8-5-2)19(21)14-11-17-9-12-18(13-10-17)22-6-3/h9-14H,4-8,15-16H2,1-3H3/b14-11+. The highest BCUT2D eigenvalue weighted by atomic mass is 16.5. The van der Waals surface area contributed by atoms with Crippen LogP contribution in [-0.2, 0) is 4.79 Å². The number of carbonyl (C=O) groups excluding carboxylic acids is 1. The summed E-state index contributed by atoms with van der Waals surface area (Å²) in [4.78, 5) is 14.3. The fourth-order valence-corrected chi connectivity index (χ4v) is 2.14. The van der Waals surface area contributed by atoms with E-state index in [0.717, 1.165) is 50.1 Å². The number of carbonyl (C=O) groups is 1. The Labute approximate surface area is 135 Å². The van der Waals surface area contributed by atoms with Crippen molar-refractivity contribution in [2.24, 2.45) is 0 Å². The third-order valence-electron chi connectivity index (χ3n) is 3.48. The molecule has 0 bridgehead atoms. The van der Waals surface area contributed by atoms with Gasteiger partial charge >= 0.3 is 0 Å². The fourth-order valence-electron chi connectivity index (χ4n) is 2.14. The minimum Gasteiger partial charge on any atom is -0.494 e. The zero-order valence-corrected chi connectivity index (χ0v) is 14.2. The van der Waals surface area contributed by atoms with Gasteiger partial charge in [0.05, 0.1) is 6.61 Å². The first-order valence-electron chi connectivity index (χ1n) is 8.41. The highest BCUT2D eigenvalue weighted by molar-refractivity contribution is 5.91. The maximum atomic E-state index is 12.3. The van der Waals surface area contributed by atoms with Crippen LogP contribution in [0.4, 0.5) is 0 Å². The molecule has 3 nitrogen and oxygen atoms in total. The van der Waals surface area contributed by atoms with Crippen LogP contribution in [0.25, 0.3) is 6.08 Å². The summed E-state index contributed by atoms with van der Waals surface area (Å²) in [5.41, 5.74) is 1.02. The van der Waals surface area contributed by atoms with E-state index >= 15 is 0 Å². The van der Waals surface area contributed by atoms with Crippen molar-refractivity contribution in [3.8, 4) is 5.75 Å². The molecule has 0 radical (unpaired) electrons. The second kappa shape index (κ2) is 10.9. The van der Waals surface area contributed by atoms with E-state index in [2.05, 4.69) is 13.8 Å². The molecule has 0 unspecified atom stereocenters. The van der Waals surface area contributed by atoms with E-state index in [9.17, 15) is 4.79 Å². The maximum Gasteiger partial charge on any atom is 0.246 e. The molecule has 0 saturated carbocycles. The fraction of sp³-hybridized carbons (Fsp3) is 0.526. The molecule has 1 rings (SSSR count). The molecule has 1 amide bonds. The van der Waals surface area contributed by atoms with E-state index < -0.39 is 0 Å². The van der Waals surface area contributed by atoms with E-state index in [0.29, 0.717) is 6.61 Å². The van der Waals surface area contributed by atoms with Crippen LogP contribution in [0.2, 0.25) is 0 Å². The molecule has 0 atom stereocenters. The van der Waals surface area contributed by atoms with Crippen molar-refractivity contribution in [2.75, 3.05) is 19.7 Å². The Morgan fingerprint density at radius 1 is 1.05 bits per heavy atom. The van der Waals surface area contributed by atoms with Gasteiger partial charge in [-0.3, -0.25) is 4.79 Å². The van der Waals surface area contributed by atoms with Gasteiger partial charge in [0, 0.05) is 19.2 Å². The highest BCUT2D eigenvalue weighted by Crippen LogP contribution is 2.13. The summed E-state index contributed by atoms with van der Waals surface area (Å²) >= 11 is 0. The molecular weight excluding hydrogens is 274 g/mol. The summed E-state index contributed by atoms with van der Waals surface area (Å²) in [6.45, 7) is 8.63. The zero-order valence-electron chi connectivity index (χ0n) is 14.2. The molecule has 0 aliphatic heterocycles. The Morgan fingerprint density at radius 3 is 2.14 bits per heavy atom. The Bertz CT molecular complexity index is 443. The molecule has 122 valence electrons. The summed E-state index contributed by atoms with van der Waals surface area (Å²) < 4.78 is 5.41. The van der Waals surface area contributed by atoms with E-state index in [1.807, 2.05) is 42.2 Å². The van der Waals surface area contributed by atoms with Gasteiger partial charge in [-0.1, -0.05) is 38.8 Å². The summed E-state index contributed by atoms with van der Waals surface area (Å²) in [6, 6.07) is 7.80. The lowest BCUT2D eigenvalue weighted by molar-refractivity contribution is -0.126. The second-order valence-corrected chi connectivity index (χ2v) is 5.37. The van der Waals surface area contributed by atoms with Gasteiger partial charge in [-0.15, -0.1) is 0 Å². The van der Waals surface area contributed by atoms with Crippen molar-refractivity contribution in [1.82, 2.24) is 4.90 Å². The van der Waals surface area contributed by atoms with Gasteiger partial charge in [-0.25, -0.2) is 0 Å². The molecule has 1 aromatic rings. The Kier molecular flexibility index (Phi) is 9.04. The van der Waals surface area contributed by atoms with E-state index in [1.165, 1.54) is 0 Å². The summed E-state index contributed by atoms with van der Waals surface area (Å²) in [7, 11) is 0. The largest absolute Gasteiger partial charge is 0.494 e. The molecular formula is C19H29NO2. The lowest BCUT2D eigenvalue weighted by Crippen LogP contribution is -2.31. The van der Waals surface area contributed by atoms with Crippen molar-refractivity contribution in [3.63, 3.8) is 0 Å². The number of unbranched alkanes of at least 4 members (excludes halogenated alkanes) is 2. The molecule has 0 N–H and O–H groups in total. The summed E-state index contributed by atoms with van der Waals surface area (Å²) in [5.74, 6) is 0.967. The van der Waals surface area contributed by atoms with Crippen LogP contribution in [0, 0.1) is 0 Å². The average Bonchev–Trinajstić information content (AvgIpc) is 2.54. The molecule has 3 heteroatoms. The third-order valence-corrected chi connectivity index (χ3v) is 3.48. The molecule has 0 spiro atoms. The van der Waals surface area contributed by atoms with E-state index in [1.54, 1.807) is 6.08 Å². The van der Waals surface area contributed by atoms with Crippen LogP contribution in [-0.4, -0.2) is 30.5 Å². The lowest BCUT2D eigenvalue weighted by Gasteiger charge is -2.20. The normalized spacial score (nSPS) is 10.9. The van der Waals surface area contributed by atoms with Crippen LogP contribution in [0.15, 0.2) is 30.3 Å².